The summed E-state index contributed by atoms with van der Waals surface area (Å²) in [6, 6.07) is 5.75. The molecule has 36 heavy (non-hydrogen) atoms. The molecule has 0 aliphatic carbocycles. The molecule has 0 fully saturated rings. The Morgan fingerprint density at radius 1 is 0.972 bits per heavy atom. The second-order valence-electron chi connectivity index (χ2n) is 8.86. The van der Waals surface area contributed by atoms with Gasteiger partial charge < -0.3 is 19.4 Å². The van der Waals surface area contributed by atoms with E-state index >= 15 is 0 Å². The molecule has 0 aliphatic heterocycles. The van der Waals surface area contributed by atoms with E-state index in [9.17, 15) is 23.4 Å². The third-order valence-electron chi connectivity index (χ3n) is 5.77. The second kappa shape index (κ2) is 10.6. The molecule has 3 aromatic rings. The predicted molar refractivity (Wildman–Crippen MR) is 140 cm³/mol. The molecule has 0 saturated carbocycles. The van der Waals surface area contributed by atoms with Gasteiger partial charge in [-0.2, -0.15) is 0 Å². The molecular formula is C27H31NO7S. The standard InChI is InChI=1S/C27H31NO7S/c1-15(2)7-13-19-22(29)20(14-8-16(3)4)26-21(23(19)30)24(31)27(34-6)25(35-26)17-9-11-18(12-10-17)36(32,33)28-5/h7-12,28-30H,13-14H2,1-6H3. The zero-order chi connectivity index (χ0) is 26.8. The van der Waals surface area contributed by atoms with Crippen LogP contribution in [-0.4, -0.2) is 32.8 Å². The maximum atomic E-state index is 13.6. The van der Waals surface area contributed by atoms with E-state index in [2.05, 4.69) is 4.72 Å². The number of fused-ring (bicyclic) bond motifs is 1. The molecule has 0 bridgehead atoms. The highest BCUT2D eigenvalue weighted by molar-refractivity contribution is 7.89. The number of methoxy groups -OCH3 is 1. The van der Waals surface area contributed by atoms with E-state index in [1.54, 1.807) is 0 Å². The van der Waals surface area contributed by atoms with Gasteiger partial charge in [-0.3, -0.25) is 4.79 Å². The summed E-state index contributed by atoms with van der Waals surface area (Å²) in [5.74, 6) is -0.605. The van der Waals surface area contributed by atoms with Gasteiger partial charge in [0.25, 0.3) is 0 Å². The Morgan fingerprint density at radius 2 is 1.53 bits per heavy atom. The normalized spacial score (nSPS) is 11.4. The van der Waals surface area contributed by atoms with E-state index in [1.807, 2.05) is 39.8 Å². The first-order valence-corrected chi connectivity index (χ1v) is 12.8. The van der Waals surface area contributed by atoms with E-state index in [4.69, 9.17) is 9.15 Å². The van der Waals surface area contributed by atoms with E-state index in [-0.39, 0.29) is 57.3 Å². The van der Waals surface area contributed by atoms with Gasteiger partial charge in [0.15, 0.2) is 5.76 Å². The first kappa shape index (κ1) is 27.0. The molecule has 0 spiro atoms. The molecule has 0 amide bonds. The van der Waals surface area contributed by atoms with Crippen molar-refractivity contribution in [3.05, 3.63) is 68.9 Å². The second-order valence-corrected chi connectivity index (χ2v) is 10.7. The van der Waals surface area contributed by atoms with Crippen LogP contribution >= 0.6 is 0 Å². The quantitative estimate of drug-likeness (QED) is 0.369. The van der Waals surface area contributed by atoms with Crippen LogP contribution < -0.4 is 14.9 Å². The van der Waals surface area contributed by atoms with Crippen molar-refractivity contribution in [3.8, 4) is 28.6 Å². The van der Waals surface area contributed by atoms with Gasteiger partial charge >= 0.3 is 0 Å². The van der Waals surface area contributed by atoms with E-state index in [1.165, 1.54) is 38.4 Å². The predicted octanol–water partition coefficient (Wildman–Crippen LogP) is 4.81. The number of ether oxygens (including phenoxy) is 1. The topological polar surface area (TPSA) is 126 Å². The van der Waals surface area contributed by atoms with Crippen LogP contribution in [0.4, 0.5) is 0 Å². The average molecular weight is 514 g/mol. The third kappa shape index (κ3) is 5.17. The van der Waals surface area contributed by atoms with Crippen molar-refractivity contribution in [2.75, 3.05) is 14.2 Å². The number of phenolic OH excluding ortho intramolecular Hbond substituents is 2. The summed E-state index contributed by atoms with van der Waals surface area (Å²) in [6.07, 6.45) is 4.22. The summed E-state index contributed by atoms with van der Waals surface area (Å²) in [6.45, 7) is 7.62. The molecule has 0 unspecified atom stereocenters. The Labute approximate surface area is 210 Å². The maximum Gasteiger partial charge on any atom is 0.240 e. The molecule has 1 heterocycles. The number of allylic oxidation sites excluding steroid dienone is 4. The van der Waals surface area contributed by atoms with Crippen LogP contribution in [0.1, 0.15) is 38.8 Å². The van der Waals surface area contributed by atoms with E-state index in [0.717, 1.165) is 11.1 Å². The zero-order valence-electron chi connectivity index (χ0n) is 21.2. The van der Waals surface area contributed by atoms with Crippen LogP contribution in [0.5, 0.6) is 17.2 Å². The molecule has 3 N–H and O–H groups in total. The van der Waals surface area contributed by atoms with Gasteiger partial charge in [0.1, 0.15) is 22.5 Å². The summed E-state index contributed by atoms with van der Waals surface area (Å²) >= 11 is 0. The molecule has 8 nitrogen and oxygen atoms in total. The van der Waals surface area contributed by atoms with Crippen molar-refractivity contribution >= 4 is 21.0 Å². The lowest BCUT2D eigenvalue weighted by atomic mass is 9.96. The van der Waals surface area contributed by atoms with Gasteiger partial charge in [-0.05, 0) is 71.8 Å². The molecule has 0 radical (unpaired) electrons. The van der Waals surface area contributed by atoms with Crippen molar-refractivity contribution in [3.63, 3.8) is 0 Å². The number of hydrogen-bond acceptors (Lipinski definition) is 7. The molecule has 0 atom stereocenters. The van der Waals surface area contributed by atoms with Crippen LogP contribution in [0.15, 0.2) is 61.7 Å². The first-order valence-electron chi connectivity index (χ1n) is 11.3. The molecule has 9 heteroatoms. The smallest absolute Gasteiger partial charge is 0.240 e. The first-order chi connectivity index (χ1) is 16.9. The summed E-state index contributed by atoms with van der Waals surface area (Å²) in [5.41, 5.74) is 2.40. The summed E-state index contributed by atoms with van der Waals surface area (Å²) in [5, 5.41) is 22.1. The fourth-order valence-electron chi connectivity index (χ4n) is 3.77. The molecule has 0 aliphatic rings. The van der Waals surface area contributed by atoms with Crippen LogP contribution in [0.25, 0.3) is 22.3 Å². The third-order valence-corrected chi connectivity index (χ3v) is 7.20. The minimum Gasteiger partial charge on any atom is -0.507 e. The maximum absolute atomic E-state index is 13.6. The zero-order valence-corrected chi connectivity index (χ0v) is 22.0. The molecule has 2 aromatic carbocycles. The Bertz CT molecular complexity index is 1520. The van der Waals surface area contributed by atoms with Crippen molar-refractivity contribution in [2.24, 2.45) is 0 Å². The highest BCUT2D eigenvalue weighted by Crippen LogP contribution is 2.43. The highest BCUT2D eigenvalue weighted by Gasteiger charge is 2.26. The van der Waals surface area contributed by atoms with Crippen LogP contribution in [-0.2, 0) is 22.9 Å². The minimum atomic E-state index is -3.66. The average Bonchev–Trinajstić information content (AvgIpc) is 2.83. The molecular weight excluding hydrogens is 482 g/mol. The largest absolute Gasteiger partial charge is 0.507 e. The number of rotatable bonds is 8. The van der Waals surface area contributed by atoms with Crippen LogP contribution in [0.2, 0.25) is 0 Å². The Kier molecular flexibility index (Phi) is 7.96. The van der Waals surface area contributed by atoms with Crippen molar-refractivity contribution < 1.29 is 27.8 Å². The Morgan fingerprint density at radius 3 is 2.03 bits per heavy atom. The summed E-state index contributed by atoms with van der Waals surface area (Å²) < 4.78 is 38.0. The summed E-state index contributed by atoms with van der Waals surface area (Å²) in [4.78, 5) is 13.6. The van der Waals surface area contributed by atoms with Crippen molar-refractivity contribution in [1.29, 1.82) is 0 Å². The number of hydrogen-bond donors (Lipinski definition) is 3. The van der Waals surface area contributed by atoms with Gasteiger partial charge in [-0.1, -0.05) is 23.3 Å². The minimum absolute atomic E-state index is 0.0381. The van der Waals surface area contributed by atoms with E-state index < -0.39 is 15.5 Å². The molecule has 1 aromatic heterocycles. The molecule has 0 saturated heterocycles. The Hall–Kier alpha value is -3.56. The Balaban J connectivity index is 2.40. The highest BCUT2D eigenvalue weighted by atomic mass is 32.2. The summed E-state index contributed by atoms with van der Waals surface area (Å²) in [7, 11) is -1.03. The van der Waals surface area contributed by atoms with Gasteiger partial charge in [-0.15, -0.1) is 0 Å². The molecule has 192 valence electrons. The van der Waals surface area contributed by atoms with Crippen LogP contribution in [0.3, 0.4) is 0 Å². The lowest BCUT2D eigenvalue weighted by Crippen LogP contribution is -2.18. The van der Waals surface area contributed by atoms with Crippen molar-refractivity contribution in [2.45, 2.75) is 45.4 Å². The van der Waals surface area contributed by atoms with Crippen molar-refractivity contribution in [1.82, 2.24) is 4.72 Å². The monoisotopic (exact) mass is 513 g/mol. The fourth-order valence-corrected chi connectivity index (χ4v) is 4.50. The number of aromatic hydroxyl groups is 2. The number of sulfonamides is 1. The van der Waals surface area contributed by atoms with Gasteiger partial charge in [-0.25, -0.2) is 13.1 Å². The van der Waals surface area contributed by atoms with Crippen LogP contribution in [0, 0.1) is 0 Å². The SMILES string of the molecule is CNS(=O)(=O)c1ccc(-c2oc3c(CC=C(C)C)c(O)c(CC=C(C)C)c(O)c3c(=O)c2OC)cc1. The lowest BCUT2D eigenvalue weighted by Gasteiger charge is -2.16. The number of nitrogens with one attached hydrogen (secondary N) is 1. The number of phenols is 2. The molecule has 3 rings (SSSR count). The van der Waals surface area contributed by atoms with Gasteiger partial charge in [0.05, 0.1) is 12.0 Å². The lowest BCUT2D eigenvalue weighted by molar-refractivity contribution is 0.396. The van der Waals surface area contributed by atoms with Gasteiger partial charge in [0, 0.05) is 16.7 Å². The number of benzene rings is 2. The van der Waals surface area contributed by atoms with E-state index in [0.29, 0.717) is 11.1 Å². The fraction of sp³-hybridized carbons (Fsp3) is 0.296. The van der Waals surface area contributed by atoms with Gasteiger partial charge in [0.2, 0.25) is 21.2 Å².